The van der Waals surface area contributed by atoms with E-state index in [1.165, 1.54) is 0 Å². The molecule has 1 aromatic heterocycles. The molecule has 1 aromatic rings. The average molecular weight is 308 g/mol. The van der Waals surface area contributed by atoms with E-state index in [2.05, 4.69) is 29.6 Å². The molecule has 0 bridgehead atoms. The van der Waals surface area contributed by atoms with Gasteiger partial charge in [0, 0.05) is 24.9 Å². The highest BCUT2D eigenvalue weighted by Gasteiger charge is 2.31. The molecule has 1 unspecified atom stereocenters. The Morgan fingerprint density at radius 2 is 2.23 bits per heavy atom. The van der Waals surface area contributed by atoms with Crippen molar-refractivity contribution in [1.82, 2.24) is 15.1 Å². The van der Waals surface area contributed by atoms with Gasteiger partial charge in [0.2, 0.25) is 0 Å². The molecule has 1 heterocycles. The fourth-order valence-corrected chi connectivity index (χ4v) is 2.36. The van der Waals surface area contributed by atoms with Gasteiger partial charge in [0.05, 0.1) is 17.6 Å². The summed E-state index contributed by atoms with van der Waals surface area (Å²) in [6.07, 6.45) is 5.44. The van der Waals surface area contributed by atoms with Gasteiger partial charge in [0.15, 0.2) is 0 Å². The lowest BCUT2D eigenvalue weighted by atomic mass is 10.2. The van der Waals surface area contributed by atoms with Crippen molar-refractivity contribution in [2.45, 2.75) is 57.9 Å². The monoisotopic (exact) mass is 308 g/mol. The van der Waals surface area contributed by atoms with Gasteiger partial charge in [-0.2, -0.15) is 5.10 Å². The zero-order chi connectivity index (χ0) is 16.1. The molecule has 0 saturated heterocycles. The van der Waals surface area contributed by atoms with Gasteiger partial charge in [-0.15, -0.1) is 0 Å². The maximum atomic E-state index is 11.9. The summed E-state index contributed by atoms with van der Waals surface area (Å²) in [5, 5.41) is 18.5. The smallest absolute Gasteiger partial charge is 0.319 e. The number of carbonyl (C=O) groups excluding carboxylic acids is 1. The van der Waals surface area contributed by atoms with Crippen LogP contribution in [0.3, 0.4) is 0 Å². The van der Waals surface area contributed by atoms with Gasteiger partial charge >= 0.3 is 12.0 Å². The number of nitrogens with zero attached hydrogens (tertiary/aromatic N) is 2. The molecule has 0 spiro atoms. The number of carbonyl (C=O) groups is 2. The van der Waals surface area contributed by atoms with Crippen molar-refractivity contribution in [2.75, 3.05) is 11.9 Å². The molecule has 3 N–H and O–H groups in total. The van der Waals surface area contributed by atoms with Crippen LogP contribution in [0.1, 0.15) is 63.6 Å². The Morgan fingerprint density at radius 3 is 2.82 bits per heavy atom. The molecule has 0 aliphatic heterocycles. The van der Waals surface area contributed by atoms with E-state index in [1.807, 2.05) is 4.68 Å². The van der Waals surface area contributed by atoms with Gasteiger partial charge in [-0.3, -0.25) is 9.48 Å². The maximum absolute atomic E-state index is 11.9. The highest BCUT2D eigenvalue weighted by atomic mass is 16.4. The quantitative estimate of drug-likeness (QED) is 0.643. The first kappa shape index (κ1) is 16.3. The third kappa shape index (κ3) is 4.22. The number of urea groups is 1. The Labute approximate surface area is 130 Å². The Kier molecular flexibility index (Phi) is 5.41. The van der Waals surface area contributed by atoms with Crippen molar-refractivity contribution in [3.05, 3.63) is 11.9 Å². The fourth-order valence-electron chi connectivity index (χ4n) is 2.36. The number of carboxylic acids is 1. The zero-order valence-electron chi connectivity index (χ0n) is 13.1. The van der Waals surface area contributed by atoms with Crippen molar-refractivity contribution >= 4 is 17.7 Å². The van der Waals surface area contributed by atoms with E-state index in [0.717, 1.165) is 30.6 Å². The van der Waals surface area contributed by atoms with Gasteiger partial charge < -0.3 is 15.7 Å². The van der Waals surface area contributed by atoms with Crippen LogP contribution in [0.5, 0.6) is 0 Å². The molecule has 7 heteroatoms. The van der Waals surface area contributed by atoms with Crippen LogP contribution in [-0.4, -0.2) is 33.4 Å². The first-order valence-electron chi connectivity index (χ1n) is 7.87. The standard InChI is InChI=1S/C15H24N4O3/c1-3-10(2)19-14(11-6-7-11)12(9-17-19)18-15(22)16-8-4-5-13(20)21/h9-11H,3-8H2,1-2H3,(H,20,21)(H2,16,18,22). The van der Waals surface area contributed by atoms with Crippen molar-refractivity contribution < 1.29 is 14.7 Å². The van der Waals surface area contributed by atoms with Crippen LogP contribution in [0.4, 0.5) is 10.5 Å². The third-order valence-corrected chi connectivity index (χ3v) is 3.91. The normalized spacial score (nSPS) is 15.4. The van der Waals surface area contributed by atoms with Crippen molar-refractivity contribution in [1.29, 1.82) is 0 Å². The summed E-state index contributed by atoms with van der Waals surface area (Å²) < 4.78 is 2.01. The van der Waals surface area contributed by atoms with Crippen LogP contribution >= 0.6 is 0 Å². The van der Waals surface area contributed by atoms with Gasteiger partial charge in [0.1, 0.15) is 0 Å². The molecule has 122 valence electrons. The van der Waals surface area contributed by atoms with Gasteiger partial charge in [-0.25, -0.2) is 4.79 Å². The molecule has 0 aromatic carbocycles. The highest BCUT2D eigenvalue weighted by Crippen LogP contribution is 2.44. The second kappa shape index (κ2) is 7.29. The average Bonchev–Trinajstić information content (AvgIpc) is 3.24. The largest absolute Gasteiger partial charge is 0.481 e. The topological polar surface area (TPSA) is 96.3 Å². The summed E-state index contributed by atoms with van der Waals surface area (Å²) in [4.78, 5) is 22.3. The number of aromatic nitrogens is 2. The zero-order valence-corrected chi connectivity index (χ0v) is 13.1. The van der Waals surface area contributed by atoms with E-state index in [9.17, 15) is 9.59 Å². The Hall–Kier alpha value is -2.05. The van der Waals surface area contributed by atoms with Gasteiger partial charge in [-0.05, 0) is 32.6 Å². The first-order valence-corrected chi connectivity index (χ1v) is 7.87. The predicted molar refractivity (Wildman–Crippen MR) is 83.1 cm³/mol. The number of anilines is 1. The maximum Gasteiger partial charge on any atom is 0.319 e. The number of aliphatic carboxylic acids is 1. The van der Waals surface area contributed by atoms with Crippen LogP contribution in [-0.2, 0) is 4.79 Å². The van der Waals surface area contributed by atoms with E-state index in [-0.39, 0.29) is 12.5 Å². The highest BCUT2D eigenvalue weighted by molar-refractivity contribution is 5.89. The molecule has 1 fully saturated rings. The van der Waals surface area contributed by atoms with Crippen molar-refractivity contribution in [3.8, 4) is 0 Å². The second-order valence-electron chi connectivity index (χ2n) is 5.80. The summed E-state index contributed by atoms with van der Waals surface area (Å²) in [6, 6.07) is 0.000711. The number of nitrogens with one attached hydrogen (secondary N) is 2. The Morgan fingerprint density at radius 1 is 1.50 bits per heavy atom. The number of amides is 2. The molecule has 2 amide bonds. The minimum absolute atomic E-state index is 0.0551. The number of rotatable bonds is 8. The lowest BCUT2D eigenvalue weighted by Crippen LogP contribution is -2.30. The third-order valence-electron chi connectivity index (χ3n) is 3.91. The molecule has 1 saturated carbocycles. The van der Waals surface area contributed by atoms with Crippen LogP contribution in [0.15, 0.2) is 6.20 Å². The minimum Gasteiger partial charge on any atom is -0.481 e. The summed E-state index contributed by atoms with van der Waals surface area (Å²) >= 11 is 0. The molecule has 1 aliphatic carbocycles. The number of hydrogen-bond donors (Lipinski definition) is 3. The number of hydrogen-bond acceptors (Lipinski definition) is 3. The number of carboxylic acid groups (broad SMARTS) is 1. The first-order chi connectivity index (χ1) is 10.5. The Bertz CT molecular complexity index is 537. The minimum atomic E-state index is -0.854. The molecule has 22 heavy (non-hydrogen) atoms. The lowest BCUT2D eigenvalue weighted by Gasteiger charge is -2.15. The predicted octanol–water partition coefficient (Wildman–Crippen LogP) is 2.72. The van der Waals surface area contributed by atoms with Gasteiger partial charge in [0.25, 0.3) is 0 Å². The Balaban J connectivity index is 1.93. The molecule has 1 aliphatic rings. The van der Waals surface area contributed by atoms with E-state index in [0.29, 0.717) is 24.9 Å². The van der Waals surface area contributed by atoms with Crippen molar-refractivity contribution in [2.24, 2.45) is 0 Å². The van der Waals surface area contributed by atoms with Crippen molar-refractivity contribution in [3.63, 3.8) is 0 Å². The van der Waals surface area contributed by atoms with Crippen LogP contribution in [0.25, 0.3) is 0 Å². The summed E-state index contributed by atoms with van der Waals surface area (Å²) in [5.41, 5.74) is 1.87. The second-order valence-corrected chi connectivity index (χ2v) is 5.80. The van der Waals surface area contributed by atoms with Crippen LogP contribution < -0.4 is 10.6 Å². The van der Waals surface area contributed by atoms with Crippen LogP contribution in [0, 0.1) is 0 Å². The molecule has 0 radical (unpaired) electrons. The molecule has 2 rings (SSSR count). The summed E-state index contributed by atoms with van der Waals surface area (Å²) in [5.74, 6) is -0.369. The SMILES string of the molecule is CCC(C)n1ncc(NC(=O)NCCCC(=O)O)c1C1CC1. The summed E-state index contributed by atoms with van der Waals surface area (Å²) in [6.45, 7) is 4.58. The molecular formula is C15H24N4O3. The van der Waals surface area contributed by atoms with Gasteiger partial charge in [-0.1, -0.05) is 6.92 Å². The van der Waals surface area contributed by atoms with E-state index in [4.69, 9.17) is 5.11 Å². The van der Waals surface area contributed by atoms with Crippen LogP contribution in [0.2, 0.25) is 0 Å². The molecular weight excluding hydrogens is 284 g/mol. The van der Waals surface area contributed by atoms with E-state index >= 15 is 0 Å². The summed E-state index contributed by atoms with van der Waals surface area (Å²) in [7, 11) is 0. The molecule has 7 nitrogen and oxygen atoms in total. The lowest BCUT2D eigenvalue weighted by molar-refractivity contribution is -0.137. The fraction of sp³-hybridized carbons (Fsp3) is 0.667. The molecule has 1 atom stereocenters. The van der Waals surface area contributed by atoms with E-state index < -0.39 is 5.97 Å². The van der Waals surface area contributed by atoms with E-state index in [1.54, 1.807) is 6.20 Å².